The number of aromatic nitrogens is 2. The van der Waals surface area contributed by atoms with Crippen LogP contribution in [0.25, 0.3) is 0 Å². The van der Waals surface area contributed by atoms with Gasteiger partial charge in [-0.1, -0.05) is 0 Å². The van der Waals surface area contributed by atoms with Crippen LogP contribution in [0.15, 0.2) is 6.20 Å². The molecule has 0 radical (unpaired) electrons. The molecule has 5 nitrogen and oxygen atoms in total. The summed E-state index contributed by atoms with van der Waals surface area (Å²) in [5.74, 6) is -0.0231. The van der Waals surface area contributed by atoms with Crippen molar-refractivity contribution in [2.24, 2.45) is 0 Å². The number of aliphatic hydroxyl groups is 1. The lowest BCUT2D eigenvalue weighted by Gasteiger charge is -2.37. The smallest absolute Gasteiger partial charge is 0.257 e. The number of rotatable bonds is 4. The first-order valence-corrected chi connectivity index (χ1v) is 5.66. The minimum absolute atomic E-state index is 0.0130. The minimum atomic E-state index is -0.0231. The molecule has 88 valence electrons. The minimum Gasteiger partial charge on any atom is -0.395 e. The molecule has 1 aliphatic carbocycles. The highest BCUT2D eigenvalue weighted by Gasteiger charge is 2.29. The van der Waals surface area contributed by atoms with Crippen LogP contribution >= 0.6 is 0 Å². The van der Waals surface area contributed by atoms with E-state index >= 15 is 0 Å². The Labute approximate surface area is 94.5 Å². The van der Waals surface area contributed by atoms with E-state index in [2.05, 4.69) is 10.2 Å². The molecule has 1 fully saturated rings. The highest BCUT2D eigenvalue weighted by molar-refractivity contribution is 5.95. The summed E-state index contributed by atoms with van der Waals surface area (Å²) in [7, 11) is 0. The molecule has 1 heterocycles. The number of carbonyl (C=O) groups is 1. The number of nitrogens with one attached hydrogen (secondary N) is 1. The first-order valence-electron chi connectivity index (χ1n) is 5.66. The van der Waals surface area contributed by atoms with E-state index in [4.69, 9.17) is 5.11 Å². The van der Waals surface area contributed by atoms with Crippen LogP contribution in [0.5, 0.6) is 0 Å². The summed E-state index contributed by atoms with van der Waals surface area (Å²) in [6, 6.07) is 0.300. The largest absolute Gasteiger partial charge is 0.395 e. The number of carbonyl (C=O) groups excluding carboxylic acids is 1. The Morgan fingerprint density at radius 2 is 2.44 bits per heavy atom. The molecular formula is C11H17N3O2. The van der Waals surface area contributed by atoms with Crippen LogP contribution in [-0.4, -0.2) is 45.3 Å². The summed E-state index contributed by atoms with van der Waals surface area (Å²) >= 11 is 0. The summed E-state index contributed by atoms with van der Waals surface area (Å²) in [5.41, 5.74) is 1.40. The molecule has 2 N–H and O–H groups in total. The maximum Gasteiger partial charge on any atom is 0.257 e. The van der Waals surface area contributed by atoms with E-state index in [0.29, 0.717) is 18.2 Å². The molecule has 1 aliphatic rings. The van der Waals surface area contributed by atoms with Gasteiger partial charge in [0.1, 0.15) is 0 Å². The van der Waals surface area contributed by atoms with Crippen molar-refractivity contribution in [3.8, 4) is 0 Å². The second-order valence-electron chi connectivity index (χ2n) is 4.22. The Bertz CT molecular complexity index is 371. The zero-order valence-corrected chi connectivity index (χ0v) is 9.44. The Morgan fingerprint density at radius 1 is 1.69 bits per heavy atom. The van der Waals surface area contributed by atoms with Crippen LogP contribution < -0.4 is 0 Å². The lowest BCUT2D eigenvalue weighted by molar-refractivity contribution is 0.0525. The summed E-state index contributed by atoms with van der Waals surface area (Å²) < 4.78 is 0. The number of amides is 1. The van der Waals surface area contributed by atoms with Crippen molar-refractivity contribution in [3.05, 3.63) is 17.5 Å². The average molecular weight is 223 g/mol. The van der Waals surface area contributed by atoms with E-state index < -0.39 is 0 Å². The van der Waals surface area contributed by atoms with Crippen molar-refractivity contribution in [1.82, 2.24) is 15.1 Å². The van der Waals surface area contributed by atoms with Gasteiger partial charge in [-0.05, 0) is 26.2 Å². The van der Waals surface area contributed by atoms with Gasteiger partial charge in [-0.15, -0.1) is 0 Å². The number of H-pyrrole nitrogens is 1. The molecule has 0 spiro atoms. The third-order valence-corrected chi connectivity index (χ3v) is 3.18. The molecule has 0 aromatic carbocycles. The van der Waals surface area contributed by atoms with Crippen LogP contribution in [0.1, 0.15) is 35.3 Å². The fraction of sp³-hybridized carbons (Fsp3) is 0.636. The second kappa shape index (κ2) is 4.65. The number of aromatic amines is 1. The third kappa shape index (κ3) is 1.95. The van der Waals surface area contributed by atoms with E-state index in [1.807, 2.05) is 6.92 Å². The Balaban J connectivity index is 2.13. The van der Waals surface area contributed by atoms with Crippen molar-refractivity contribution >= 4 is 5.91 Å². The van der Waals surface area contributed by atoms with Gasteiger partial charge in [-0.25, -0.2) is 0 Å². The first-order chi connectivity index (χ1) is 7.74. The Morgan fingerprint density at radius 3 is 2.88 bits per heavy atom. The van der Waals surface area contributed by atoms with Gasteiger partial charge in [-0.2, -0.15) is 5.10 Å². The van der Waals surface area contributed by atoms with Crippen LogP contribution in [-0.2, 0) is 0 Å². The zero-order chi connectivity index (χ0) is 11.5. The number of hydrogen-bond acceptors (Lipinski definition) is 3. The van der Waals surface area contributed by atoms with Crippen molar-refractivity contribution < 1.29 is 9.90 Å². The summed E-state index contributed by atoms with van der Waals surface area (Å²) in [5, 5.41) is 15.6. The number of aliphatic hydroxyl groups excluding tert-OH is 1. The van der Waals surface area contributed by atoms with Gasteiger partial charge in [-0.3, -0.25) is 9.89 Å². The van der Waals surface area contributed by atoms with Gasteiger partial charge >= 0.3 is 0 Å². The molecule has 1 amide bonds. The summed E-state index contributed by atoms with van der Waals surface area (Å²) in [6.45, 7) is 2.26. The van der Waals surface area contributed by atoms with Crippen molar-refractivity contribution in [3.63, 3.8) is 0 Å². The molecule has 0 saturated heterocycles. The highest BCUT2D eigenvalue weighted by Crippen LogP contribution is 2.26. The topological polar surface area (TPSA) is 69.2 Å². The SMILES string of the molecule is Cc1[nH]ncc1C(=O)N(CCO)C1CCC1. The Kier molecular flexibility index (Phi) is 3.24. The van der Waals surface area contributed by atoms with Crippen LogP contribution in [0, 0.1) is 6.92 Å². The average Bonchev–Trinajstić information content (AvgIpc) is 2.60. The molecule has 0 bridgehead atoms. The number of nitrogens with zero attached hydrogens (tertiary/aromatic N) is 2. The van der Waals surface area contributed by atoms with Crippen LogP contribution in [0.4, 0.5) is 0 Å². The normalized spacial score (nSPS) is 15.9. The second-order valence-corrected chi connectivity index (χ2v) is 4.22. The van der Waals surface area contributed by atoms with Gasteiger partial charge in [0.05, 0.1) is 18.4 Å². The van der Waals surface area contributed by atoms with Crippen LogP contribution in [0.3, 0.4) is 0 Å². The van der Waals surface area contributed by atoms with Crippen molar-refractivity contribution in [2.45, 2.75) is 32.2 Å². The molecule has 2 rings (SSSR count). The Hall–Kier alpha value is -1.36. The highest BCUT2D eigenvalue weighted by atomic mass is 16.3. The fourth-order valence-electron chi connectivity index (χ4n) is 1.98. The van der Waals surface area contributed by atoms with E-state index in [1.165, 1.54) is 6.42 Å². The van der Waals surface area contributed by atoms with E-state index in [1.54, 1.807) is 11.1 Å². The standard InChI is InChI=1S/C11H17N3O2/c1-8-10(7-12-13-8)11(16)14(5-6-15)9-3-2-4-9/h7,9,15H,2-6H2,1H3,(H,12,13). The van der Waals surface area contributed by atoms with Crippen LogP contribution in [0.2, 0.25) is 0 Å². The maximum absolute atomic E-state index is 12.2. The fourth-order valence-corrected chi connectivity index (χ4v) is 1.98. The van der Waals surface area contributed by atoms with Crippen molar-refractivity contribution in [1.29, 1.82) is 0 Å². The molecule has 1 aromatic heterocycles. The lowest BCUT2D eigenvalue weighted by atomic mass is 9.91. The molecule has 5 heteroatoms. The summed E-state index contributed by atoms with van der Waals surface area (Å²) in [6.07, 6.45) is 4.82. The molecule has 1 saturated carbocycles. The molecular weight excluding hydrogens is 206 g/mol. The monoisotopic (exact) mass is 223 g/mol. The maximum atomic E-state index is 12.2. The quantitative estimate of drug-likeness (QED) is 0.789. The number of aryl methyl sites for hydroxylation is 1. The van der Waals surface area contributed by atoms with Crippen molar-refractivity contribution in [2.75, 3.05) is 13.2 Å². The van der Waals surface area contributed by atoms with Gasteiger partial charge in [0.25, 0.3) is 5.91 Å². The van der Waals surface area contributed by atoms with Gasteiger partial charge in [0.2, 0.25) is 0 Å². The lowest BCUT2D eigenvalue weighted by Crippen LogP contribution is -2.45. The van der Waals surface area contributed by atoms with Gasteiger partial charge in [0, 0.05) is 18.3 Å². The number of hydrogen-bond donors (Lipinski definition) is 2. The summed E-state index contributed by atoms with van der Waals surface area (Å²) in [4.78, 5) is 14.0. The third-order valence-electron chi connectivity index (χ3n) is 3.18. The van der Waals surface area contributed by atoms with E-state index in [9.17, 15) is 4.79 Å². The predicted molar refractivity (Wildman–Crippen MR) is 59.1 cm³/mol. The van der Waals surface area contributed by atoms with Gasteiger partial charge in [0.15, 0.2) is 0 Å². The first kappa shape index (κ1) is 11.1. The van der Waals surface area contributed by atoms with Gasteiger partial charge < -0.3 is 10.0 Å². The molecule has 0 aliphatic heterocycles. The molecule has 16 heavy (non-hydrogen) atoms. The van der Waals surface area contributed by atoms with E-state index in [-0.39, 0.29) is 12.5 Å². The zero-order valence-electron chi connectivity index (χ0n) is 9.44. The van der Waals surface area contributed by atoms with E-state index in [0.717, 1.165) is 18.5 Å². The predicted octanol–water partition coefficient (Wildman–Crippen LogP) is 0.705. The molecule has 0 unspecified atom stereocenters. The molecule has 1 aromatic rings. The molecule has 0 atom stereocenters.